The maximum Gasteiger partial charge on any atom is 0.309 e. The second-order valence-corrected chi connectivity index (χ2v) is 10.8. The fourth-order valence-electron chi connectivity index (χ4n) is 4.12. The summed E-state index contributed by atoms with van der Waals surface area (Å²) in [5.41, 5.74) is 0.751. The quantitative estimate of drug-likeness (QED) is 0.560. The summed E-state index contributed by atoms with van der Waals surface area (Å²) in [5.74, 6) is -0.390. The molecule has 0 aliphatic carbocycles. The number of piperidine rings is 2. The minimum Gasteiger partial charge on any atom is -0.466 e. The normalized spacial score (nSPS) is 19.6. The first-order valence-electron chi connectivity index (χ1n) is 10.5. The molecule has 3 rings (SSSR count). The van der Waals surface area contributed by atoms with E-state index in [9.17, 15) is 18.0 Å². The molecule has 1 amide bonds. The molecule has 2 fully saturated rings. The van der Waals surface area contributed by atoms with Gasteiger partial charge in [-0.3, -0.25) is 9.59 Å². The Balaban J connectivity index is 1.48. The molecule has 0 bridgehead atoms. The number of ether oxygens (including phenoxy) is 1. The maximum absolute atomic E-state index is 12.9. The Morgan fingerprint density at radius 2 is 1.57 bits per heavy atom. The monoisotopic (exact) mass is 500 g/mol. The van der Waals surface area contributed by atoms with Gasteiger partial charge in [-0.05, 0) is 50.3 Å². The molecule has 0 spiro atoms. The summed E-state index contributed by atoms with van der Waals surface area (Å²) in [4.78, 5) is 26.6. The molecule has 1 aromatic rings. The van der Waals surface area contributed by atoms with E-state index in [1.54, 1.807) is 19.1 Å². The Kier molecular flexibility index (Phi) is 7.92. The Hall–Kier alpha value is -1.45. The van der Waals surface area contributed by atoms with Crippen LogP contribution < -0.4 is 0 Å². The van der Waals surface area contributed by atoms with Crippen molar-refractivity contribution in [1.82, 2.24) is 9.21 Å². The molecule has 9 heteroatoms. The van der Waals surface area contributed by atoms with E-state index >= 15 is 0 Å². The van der Waals surface area contributed by atoms with Gasteiger partial charge in [-0.15, -0.1) is 0 Å². The van der Waals surface area contributed by atoms with Crippen LogP contribution >= 0.6 is 15.9 Å². The van der Waals surface area contributed by atoms with Crippen molar-refractivity contribution in [2.24, 2.45) is 11.8 Å². The first kappa shape index (κ1) is 23.2. The largest absolute Gasteiger partial charge is 0.466 e. The van der Waals surface area contributed by atoms with Crippen LogP contribution in [0.1, 0.15) is 38.2 Å². The number of esters is 1. The summed E-state index contributed by atoms with van der Waals surface area (Å²) in [6, 6.07) is 7.28. The number of hydrogen-bond donors (Lipinski definition) is 0. The van der Waals surface area contributed by atoms with Gasteiger partial charge in [0.15, 0.2) is 0 Å². The molecule has 1 aromatic carbocycles. The highest BCUT2D eigenvalue weighted by Crippen LogP contribution is 2.26. The number of sulfonamides is 1. The number of benzene rings is 1. The third kappa shape index (κ3) is 5.82. The Morgan fingerprint density at radius 3 is 2.13 bits per heavy atom. The van der Waals surface area contributed by atoms with E-state index in [4.69, 9.17) is 4.74 Å². The number of amides is 1. The van der Waals surface area contributed by atoms with Gasteiger partial charge in [0.1, 0.15) is 0 Å². The zero-order valence-electron chi connectivity index (χ0n) is 17.3. The van der Waals surface area contributed by atoms with E-state index in [1.807, 2.05) is 17.0 Å². The maximum atomic E-state index is 12.9. The second-order valence-electron chi connectivity index (χ2n) is 7.91. The summed E-state index contributed by atoms with van der Waals surface area (Å²) in [6.07, 6.45) is 2.34. The van der Waals surface area contributed by atoms with Crippen molar-refractivity contribution in [2.45, 2.75) is 38.4 Å². The molecule has 2 aliphatic rings. The van der Waals surface area contributed by atoms with Crippen LogP contribution in [0.2, 0.25) is 0 Å². The van der Waals surface area contributed by atoms with Crippen LogP contribution in [-0.4, -0.2) is 62.3 Å². The fraction of sp³-hybridized carbons (Fsp3) is 0.619. The number of halogens is 1. The predicted octanol–water partition coefficient (Wildman–Crippen LogP) is 2.79. The smallest absolute Gasteiger partial charge is 0.309 e. The molecule has 2 aliphatic heterocycles. The zero-order valence-corrected chi connectivity index (χ0v) is 19.7. The number of nitrogens with zero attached hydrogens (tertiary/aromatic N) is 2. The minimum atomic E-state index is -3.40. The van der Waals surface area contributed by atoms with Crippen LogP contribution in [0, 0.1) is 11.8 Å². The molecular formula is C21H29BrN2O5S. The van der Waals surface area contributed by atoms with Gasteiger partial charge in [0.25, 0.3) is 0 Å². The molecule has 166 valence electrons. The third-order valence-corrected chi connectivity index (χ3v) is 8.26. The van der Waals surface area contributed by atoms with Crippen LogP contribution in [0.4, 0.5) is 0 Å². The van der Waals surface area contributed by atoms with Gasteiger partial charge >= 0.3 is 5.97 Å². The fourth-order valence-corrected chi connectivity index (χ4v) is 5.95. The molecule has 0 aromatic heterocycles. The zero-order chi connectivity index (χ0) is 21.7. The van der Waals surface area contributed by atoms with E-state index in [1.165, 1.54) is 4.31 Å². The highest BCUT2D eigenvalue weighted by Gasteiger charge is 2.35. The molecule has 0 unspecified atom stereocenters. The standard InChI is InChI=1S/C21H29BrN2O5S/c1-2-29-21(26)18-7-11-23(12-8-18)20(25)17-9-13-24(14-10-17)30(27,28)15-16-3-5-19(22)6-4-16/h3-6,17-18H,2,7-15H2,1H3. The second kappa shape index (κ2) is 10.2. The van der Waals surface area contributed by atoms with Crippen molar-refractivity contribution < 1.29 is 22.7 Å². The summed E-state index contributed by atoms with van der Waals surface area (Å²) in [5, 5.41) is 0. The van der Waals surface area contributed by atoms with Gasteiger partial charge < -0.3 is 9.64 Å². The lowest BCUT2D eigenvalue weighted by molar-refractivity contribution is -0.152. The molecule has 2 saturated heterocycles. The Labute approximate surface area is 186 Å². The lowest BCUT2D eigenvalue weighted by Gasteiger charge is -2.36. The Morgan fingerprint density at radius 1 is 1.00 bits per heavy atom. The summed E-state index contributed by atoms with van der Waals surface area (Å²) in [6.45, 7) is 4.03. The average Bonchev–Trinajstić information content (AvgIpc) is 2.75. The molecule has 2 heterocycles. The van der Waals surface area contributed by atoms with Gasteiger partial charge in [-0.25, -0.2) is 12.7 Å². The van der Waals surface area contributed by atoms with Gasteiger partial charge in [0.2, 0.25) is 15.9 Å². The van der Waals surface area contributed by atoms with Crippen molar-refractivity contribution in [3.8, 4) is 0 Å². The number of rotatable bonds is 6. The molecule has 7 nitrogen and oxygen atoms in total. The van der Waals surface area contributed by atoms with Crippen molar-refractivity contribution in [2.75, 3.05) is 32.8 Å². The van der Waals surface area contributed by atoms with Gasteiger partial charge in [-0.2, -0.15) is 0 Å². The molecule has 30 heavy (non-hydrogen) atoms. The van der Waals surface area contributed by atoms with Gasteiger partial charge in [0.05, 0.1) is 18.3 Å². The summed E-state index contributed by atoms with van der Waals surface area (Å²) in [7, 11) is -3.40. The van der Waals surface area contributed by atoms with E-state index < -0.39 is 10.0 Å². The van der Waals surface area contributed by atoms with E-state index in [0.717, 1.165) is 10.0 Å². The summed E-state index contributed by atoms with van der Waals surface area (Å²) >= 11 is 3.35. The first-order valence-corrected chi connectivity index (χ1v) is 12.9. The number of carbonyl (C=O) groups is 2. The van der Waals surface area contributed by atoms with Crippen molar-refractivity contribution in [3.63, 3.8) is 0 Å². The third-order valence-electron chi connectivity index (χ3n) is 5.89. The first-order chi connectivity index (χ1) is 14.3. The lowest BCUT2D eigenvalue weighted by Crippen LogP contribution is -2.47. The van der Waals surface area contributed by atoms with E-state index in [-0.39, 0.29) is 29.5 Å². The van der Waals surface area contributed by atoms with Crippen LogP contribution in [-0.2, 0) is 30.1 Å². The molecular weight excluding hydrogens is 472 g/mol. The van der Waals surface area contributed by atoms with E-state index in [0.29, 0.717) is 58.5 Å². The van der Waals surface area contributed by atoms with Crippen molar-refractivity contribution >= 4 is 37.8 Å². The van der Waals surface area contributed by atoms with Crippen LogP contribution in [0.5, 0.6) is 0 Å². The highest BCUT2D eigenvalue weighted by molar-refractivity contribution is 9.10. The van der Waals surface area contributed by atoms with Crippen LogP contribution in [0.3, 0.4) is 0 Å². The van der Waals surface area contributed by atoms with Gasteiger partial charge in [0, 0.05) is 36.6 Å². The molecule has 0 N–H and O–H groups in total. The summed E-state index contributed by atoms with van der Waals surface area (Å²) < 4.78 is 33.0. The lowest BCUT2D eigenvalue weighted by atomic mass is 9.92. The molecule has 0 radical (unpaired) electrons. The SMILES string of the molecule is CCOC(=O)C1CCN(C(=O)C2CCN(S(=O)(=O)Cc3ccc(Br)cc3)CC2)CC1. The molecule has 0 saturated carbocycles. The number of likely N-dealkylation sites (tertiary alicyclic amines) is 1. The van der Waals surface area contributed by atoms with Crippen LogP contribution in [0.25, 0.3) is 0 Å². The van der Waals surface area contributed by atoms with Crippen molar-refractivity contribution in [3.05, 3.63) is 34.3 Å². The van der Waals surface area contributed by atoms with E-state index in [2.05, 4.69) is 15.9 Å². The minimum absolute atomic E-state index is 0.0275. The highest BCUT2D eigenvalue weighted by atomic mass is 79.9. The Bertz CT molecular complexity index is 843. The number of hydrogen-bond acceptors (Lipinski definition) is 5. The topological polar surface area (TPSA) is 84.0 Å². The van der Waals surface area contributed by atoms with Crippen molar-refractivity contribution in [1.29, 1.82) is 0 Å². The van der Waals surface area contributed by atoms with Gasteiger partial charge in [-0.1, -0.05) is 28.1 Å². The number of carbonyl (C=O) groups excluding carboxylic acids is 2. The molecule has 0 atom stereocenters. The predicted molar refractivity (Wildman–Crippen MR) is 117 cm³/mol. The van der Waals surface area contributed by atoms with Crippen LogP contribution in [0.15, 0.2) is 28.7 Å². The average molecular weight is 501 g/mol.